The van der Waals surface area contributed by atoms with Gasteiger partial charge in [0.1, 0.15) is 17.8 Å². The number of nitrogen functional groups attached to an aromatic ring is 1. The average Bonchev–Trinajstić information content (AvgIpc) is 3.25. The molecule has 6 N–H and O–H groups in total. The first-order valence-corrected chi connectivity index (χ1v) is 11.7. The van der Waals surface area contributed by atoms with Crippen LogP contribution in [0, 0.1) is 0 Å². The molecule has 2 aliphatic rings. The number of rotatable bonds is 7. The predicted molar refractivity (Wildman–Crippen MR) is 98.2 cm³/mol. The lowest BCUT2D eigenvalue weighted by atomic mass is 10.0. The summed E-state index contributed by atoms with van der Waals surface area (Å²) in [6.45, 7) is -0.752. The van der Waals surface area contributed by atoms with Gasteiger partial charge in [-0.2, -0.15) is 4.31 Å². The highest BCUT2D eigenvalue weighted by atomic mass is 31.3. The number of fused-ring (bicyclic) bond motifs is 3. The number of anilines is 1. The van der Waals surface area contributed by atoms with Crippen LogP contribution in [-0.2, 0) is 39.2 Å². The molecule has 0 amide bonds. The molecule has 2 unspecified atom stereocenters. The van der Waals surface area contributed by atoms with E-state index in [0.717, 1.165) is 0 Å². The largest absolute Gasteiger partial charge is 0.481 e. The van der Waals surface area contributed by atoms with Gasteiger partial charge in [-0.25, -0.2) is 13.7 Å². The molecular formula is C13H20N5O11P2+. The molecule has 2 aromatic rings. The Hall–Kier alpha value is -1.71. The van der Waals surface area contributed by atoms with E-state index in [-0.39, 0.29) is 23.7 Å². The summed E-state index contributed by atoms with van der Waals surface area (Å²) >= 11 is 0. The lowest BCUT2D eigenvalue weighted by Crippen LogP contribution is -2.50. The van der Waals surface area contributed by atoms with Crippen molar-refractivity contribution in [3.63, 3.8) is 0 Å². The quantitative estimate of drug-likeness (QED) is 0.213. The molecule has 0 spiro atoms. The van der Waals surface area contributed by atoms with Crippen LogP contribution in [-0.4, -0.2) is 67.3 Å². The van der Waals surface area contributed by atoms with E-state index >= 15 is 0 Å². The summed E-state index contributed by atoms with van der Waals surface area (Å²) in [4.78, 5) is 45.9. The van der Waals surface area contributed by atoms with Crippen LogP contribution in [0.25, 0.3) is 11.2 Å². The van der Waals surface area contributed by atoms with Gasteiger partial charge in [-0.1, -0.05) is 4.98 Å². The van der Waals surface area contributed by atoms with Gasteiger partial charge < -0.3 is 34.6 Å². The van der Waals surface area contributed by atoms with Crippen molar-refractivity contribution in [2.24, 2.45) is 7.05 Å². The van der Waals surface area contributed by atoms with Crippen LogP contribution in [0.15, 0.2) is 11.1 Å². The number of hydrogen-bond donors (Lipinski definition) is 5. The molecule has 0 aromatic carbocycles. The molecule has 5 atom stereocenters. The van der Waals surface area contributed by atoms with Crippen LogP contribution in [0.1, 0.15) is 6.23 Å². The lowest BCUT2D eigenvalue weighted by Gasteiger charge is -2.30. The number of methoxy groups -OCH3 is 1. The summed E-state index contributed by atoms with van der Waals surface area (Å²) in [6, 6.07) is 0. The zero-order chi connectivity index (χ0) is 22.8. The van der Waals surface area contributed by atoms with Gasteiger partial charge in [0.25, 0.3) is 11.5 Å². The fraction of sp³-hybridized carbons (Fsp3) is 0.615. The Morgan fingerprint density at radius 2 is 2.16 bits per heavy atom. The number of nitrogens with one attached hydrogen (secondary N) is 1. The van der Waals surface area contributed by atoms with Gasteiger partial charge in [0.2, 0.25) is 11.7 Å². The van der Waals surface area contributed by atoms with E-state index < -0.39 is 51.8 Å². The standard InChI is InChI=1S/C13H19N5O11P2/c1-17-5-18(9-6(17)10(19)16-12(14)15-9)11-7-8(25-2)13(28-11,3-26-7)4-27-31(23,24)29-30(20,21)22/h5,7-8,11H,3-4H2,1-2H3,(H5-,14,15,16,19,20,21,22,23,24)/p+1/t7-,8?,11+,13+/m0/s1. The summed E-state index contributed by atoms with van der Waals surface area (Å²) in [7, 11) is -7.42. The van der Waals surface area contributed by atoms with E-state index in [1.807, 2.05) is 0 Å². The zero-order valence-electron chi connectivity index (χ0n) is 16.1. The van der Waals surface area contributed by atoms with Gasteiger partial charge in [-0.15, -0.1) is 0 Å². The highest BCUT2D eigenvalue weighted by Crippen LogP contribution is 2.58. The maximum absolute atomic E-state index is 12.3. The molecule has 31 heavy (non-hydrogen) atoms. The topological polar surface area (TPSA) is 222 Å². The maximum atomic E-state index is 12.3. The van der Waals surface area contributed by atoms with E-state index in [2.05, 4.69) is 14.3 Å². The molecule has 0 radical (unpaired) electrons. The van der Waals surface area contributed by atoms with Crippen LogP contribution < -0.4 is 15.9 Å². The van der Waals surface area contributed by atoms with Crippen molar-refractivity contribution in [2.45, 2.75) is 24.0 Å². The van der Waals surface area contributed by atoms with Crippen molar-refractivity contribution in [1.29, 1.82) is 0 Å². The minimum absolute atomic E-state index is 0.107. The molecule has 4 rings (SSSR count). The van der Waals surface area contributed by atoms with Gasteiger partial charge in [-0.3, -0.25) is 18.9 Å². The van der Waals surface area contributed by atoms with Crippen molar-refractivity contribution in [3.05, 3.63) is 16.7 Å². The van der Waals surface area contributed by atoms with Crippen molar-refractivity contribution >= 4 is 32.8 Å². The average molecular weight is 484 g/mol. The summed E-state index contributed by atoms with van der Waals surface area (Å²) in [5, 5.41) is 0. The first-order valence-electron chi connectivity index (χ1n) is 8.68. The van der Waals surface area contributed by atoms with E-state index in [1.54, 1.807) is 7.05 Å². The Morgan fingerprint density at radius 3 is 2.81 bits per heavy atom. The van der Waals surface area contributed by atoms with Crippen LogP contribution >= 0.6 is 15.6 Å². The SMILES string of the molecule is COC1[C@@H]2OC[C@]1(COP(=O)(O)OP(=O)(O)O)O[C@H]2[n+]1cn(C)c2c(=O)[nH]c(N)nc21. The second-order valence-electron chi connectivity index (χ2n) is 7.08. The first kappa shape index (κ1) is 22.5. The lowest BCUT2D eigenvalue weighted by molar-refractivity contribution is -0.752. The van der Waals surface area contributed by atoms with Crippen LogP contribution in [0.2, 0.25) is 0 Å². The highest BCUT2D eigenvalue weighted by molar-refractivity contribution is 7.60. The van der Waals surface area contributed by atoms with Crippen molar-refractivity contribution in [1.82, 2.24) is 14.5 Å². The summed E-state index contributed by atoms with van der Waals surface area (Å²) < 4.78 is 51.6. The number of aryl methyl sites for hydroxylation is 1. The number of hydrogen-bond acceptors (Lipinski definition) is 10. The number of ether oxygens (including phenoxy) is 3. The van der Waals surface area contributed by atoms with Gasteiger partial charge in [0.15, 0.2) is 6.33 Å². The molecule has 2 fully saturated rings. The van der Waals surface area contributed by atoms with Crippen molar-refractivity contribution < 1.29 is 51.4 Å². The van der Waals surface area contributed by atoms with E-state index in [1.165, 1.54) is 22.6 Å². The summed E-state index contributed by atoms with van der Waals surface area (Å²) in [5.74, 6) is -0.112. The fourth-order valence-electron chi connectivity index (χ4n) is 3.87. The zero-order valence-corrected chi connectivity index (χ0v) is 17.9. The van der Waals surface area contributed by atoms with Crippen molar-refractivity contribution in [2.75, 3.05) is 26.1 Å². The molecule has 18 heteroatoms. The maximum Gasteiger partial charge on any atom is 0.481 e. The van der Waals surface area contributed by atoms with Crippen LogP contribution in [0.4, 0.5) is 5.95 Å². The number of imidazole rings is 1. The Morgan fingerprint density at radius 1 is 1.45 bits per heavy atom. The molecule has 2 aliphatic heterocycles. The Bertz CT molecular complexity index is 1180. The number of nitrogens with two attached hydrogens (primary N) is 1. The van der Waals surface area contributed by atoms with Gasteiger partial charge in [0.05, 0.1) is 20.3 Å². The number of phosphoric ester groups is 1. The molecule has 2 bridgehead atoms. The monoisotopic (exact) mass is 484 g/mol. The van der Waals surface area contributed by atoms with Crippen LogP contribution in [0.5, 0.6) is 0 Å². The molecule has 172 valence electrons. The Labute approximate surface area is 173 Å². The van der Waals surface area contributed by atoms with E-state index in [9.17, 15) is 18.8 Å². The number of H-pyrrole nitrogens is 1. The minimum Gasteiger partial charge on any atom is -0.375 e. The molecule has 4 heterocycles. The molecule has 0 aliphatic carbocycles. The minimum atomic E-state index is -5.29. The fourth-order valence-corrected chi connectivity index (χ4v) is 5.52. The number of aromatic nitrogens is 4. The molecule has 0 saturated carbocycles. The Kier molecular flexibility index (Phi) is 5.38. The van der Waals surface area contributed by atoms with E-state index in [4.69, 9.17) is 34.3 Å². The third kappa shape index (κ3) is 3.96. The normalized spacial score (nSPS) is 30.2. The second kappa shape index (κ2) is 7.42. The summed E-state index contributed by atoms with van der Waals surface area (Å²) in [6.07, 6.45) is -0.877. The number of nitrogens with zero attached hydrogens (tertiary/aromatic N) is 3. The third-order valence-corrected chi connectivity index (χ3v) is 7.10. The second-order valence-corrected chi connectivity index (χ2v) is 9.91. The predicted octanol–water partition coefficient (Wildman–Crippen LogP) is -1.96. The number of aromatic amines is 1. The van der Waals surface area contributed by atoms with Crippen LogP contribution in [0.3, 0.4) is 0 Å². The van der Waals surface area contributed by atoms with E-state index in [0.29, 0.717) is 0 Å². The van der Waals surface area contributed by atoms with Gasteiger partial charge in [-0.05, 0) is 0 Å². The molecular weight excluding hydrogens is 464 g/mol. The van der Waals surface area contributed by atoms with Gasteiger partial charge >= 0.3 is 21.3 Å². The van der Waals surface area contributed by atoms with Gasteiger partial charge in [0, 0.05) is 7.11 Å². The molecule has 2 saturated heterocycles. The smallest absolute Gasteiger partial charge is 0.375 e. The first-order chi connectivity index (χ1) is 14.4. The molecule has 2 aromatic heterocycles. The summed E-state index contributed by atoms with van der Waals surface area (Å²) in [5.41, 5.74) is 4.20. The number of phosphoric acid groups is 2. The Balaban J connectivity index is 1.66. The molecule has 16 nitrogen and oxygen atoms in total. The highest BCUT2D eigenvalue weighted by Gasteiger charge is 2.65. The third-order valence-electron chi connectivity index (χ3n) is 4.97. The van der Waals surface area contributed by atoms with Crippen molar-refractivity contribution in [3.8, 4) is 0 Å².